The van der Waals surface area contributed by atoms with Gasteiger partial charge in [-0.15, -0.1) is 24.0 Å². The molecule has 1 saturated heterocycles. The standard InChI is InChI=1S/C15H22FN3S.HI/c1-3-14-11-19(7-8-20-14)15(17-2)18-10-12-5-4-6-13(16)9-12;/h4-6,9,14H,3,7-8,10-11H2,1-2H3,(H,17,18);1H. The van der Waals surface area contributed by atoms with E-state index in [9.17, 15) is 4.39 Å². The van der Waals surface area contributed by atoms with Gasteiger partial charge in [0.15, 0.2) is 5.96 Å². The van der Waals surface area contributed by atoms with Gasteiger partial charge in [0.25, 0.3) is 0 Å². The first-order valence-corrected chi connectivity index (χ1v) is 8.09. The Labute approximate surface area is 147 Å². The molecule has 0 bridgehead atoms. The zero-order valence-corrected chi connectivity index (χ0v) is 15.7. The van der Waals surface area contributed by atoms with Crippen LogP contribution < -0.4 is 5.32 Å². The molecular weight excluding hydrogens is 400 g/mol. The van der Waals surface area contributed by atoms with Gasteiger partial charge in [-0.05, 0) is 24.1 Å². The van der Waals surface area contributed by atoms with Crippen LogP contribution in [0.4, 0.5) is 4.39 Å². The van der Waals surface area contributed by atoms with Crippen molar-refractivity contribution in [2.75, 3.05) is 25.9 Å². The predicted molar refractivity (Wildman–Crippen MR) is 100 cm³/mol. The topological polar surface area (TPSA) is 27.6 Å². The van der Waals surface area contributed by atoms with Crippen LogP contribution in [0.1, 0.15) is 18.9 Å². The molecule has 0 amide bonds. The maximum atomic E-state index is 13.2. The molecule has 0 spiro atoms. The molecule has 3 nitrogen and oxygen atoms in total. The Hall–Kier alpha value is -0.500. The van der Waals surface area contributed by atoms with Crippen molar-refractivity contribution in [3.05, 3.63) is 35.6 Å². The Morgan fingerprint density at radius 1 is 1.52 bits per heavy atom. The number of rotatable bonds is 3. The number of benzene rings is 1. The quantitative estimate of drug-likeness (QED) is 0.459. The van der Waals surface area contributed by atoms with E-state index in [1.54, 1.807) is 19.2 Å². The SMILES string of the molecule is CCC1CN(C(=NC)NCc2cccc(F)c2)CCS1.I. The molecule has 1 fully saturated rings. The summed E-state index contributed by atoms with van der Waals surface area (Å²) in [4.78, 5) is 6.64. The van der Waals surface area contributed by atoms with Crippen LogP contribution >= 0.6 is 35.7 Å². The number of halogens is 2. The van der Waals surface area contributed by atoms with Crippen LogP contribution in [-0.4, -0.2) is 42.0 Å². The van der Waals surface area contributed by atoms with Gasteiger partial charge in [-0.3, -0.25) is 4.99 Å². The van der Waals surface area contributed by atoms with E-state index < -0.39 is 0 Å². The van der Waals surface area contributed by atoms with E-state index in [-0.39, 0.29) is 29.8 Å². The molecule has 0 aliphatic carbocycles. The molecule has 0 aromatic heterocycles. The molecule has 1 aromatic carbocycles. The summed E-state index contributed by atoms with van der Waals surface area (Å²) in [6.45, 7) is 4.88. The molecule has 1 N–H and O–H groups in total. The van der Waals surface area contributed by atoms with Crippen molar-refractivity contribution >= 4 is 41.7 Å². The number of thioether (sulfide) groups is 1. The van der Waals surface area contributed by atoms with Crippen molar-refractivity contribution in [3.63, 3.8) is 0 Å². The first-order valence-electron chi connectivity index (χ1n) is 7.04. The Morgan fingerprint density at radius 2 is 2.33 bits per heavy atom. The maximum Gasteiger partial charge on any atom is 0.193 e. The third-order valence-corrected chi connectivity index (χ3v) is 4.82. The number of aliphatic imine (C=N–C) groups is 1. The van der Waals surface area contributed by atoms with E-state index in [1.807, 2.05) is 17.8 Å². The fourth-order valence-electron chi connectivity index (χ4n) is 2.32. The Morgan fingerprint density at radius 3 is 3.00 bits per heavy atom. The van der Waals surface area contributed by atoms with Gasteiger partial charge in [-0.1, -0.05) is 19.1 Å². The fourth-order valence-corrected chi connectivity index (χ4v) is 3.50. The molecule has 21 heavy (non-hydrogen) atoms. The number of guanidine groups is 1. The van der Waals surface area contributed by atoms with Gasteiger partial charge in [-0.25, -0.2) is 4.39 Å². The van der Waals surface area contributed by atoms with E-state index in [4.69, 9.17) is 0 Å². The van der Waals surface area contributed by atoms with Crippen molar-refractivity contribution in [2.45, 2.75) is 25.1 Å². The first-order chi connectivity index (χ1) is 9.72. The highest BCUT2D eigenvalue weighted by Gasteiger charge is 2.21. The average Bonchev–Trinajstić information content (AvgIpc) is 2.48. The third-order valence-electron chi connectivity index (χ3n) is 3.45. The normalized spacial score (nSPS) is 19.1. The predicted octanol–water partition coefficient (Wildman–Crippen LogP) is 3.35. The molecule has 1 aromatic rings. The Bertz CT molecular complexity index is 470. The van der Waals surface area contributed by atoms with Crippen LogP contribution in [0, 0.1) is 5.82 Å². The first kappa shape index (κ1) is 18.5. The Balaban J connectivity index is 0.00000220. The summed E-state index contributed by atoms with van der Waals surface area (Å²) >= 11 is 2.04. The van der Waals surface area contributed by atoms with Crippen LogP contribution in [0.5, 0.6) is 0 Å². The molecule has 6 heteroatoms. The number of nitrogens with one attached hydrogen (secondary N) is 1. The average molecular weight is 423 g/mol. The molecule has 1 aliphatic heterocycles. The molecular formula is C15H23FIN3S. The number of hydrogen-bond donors (Lipinski definition) is 1. The summed E-state index contributed by atoms with van der Waals surface area (Å²) in [7, 11) is 1.80. The van der Waals surface area contributed by atoms with E-state index >= 15 is 0 Å². The lowest BCUT2D eigenvalue weighted by Crippen LogP contribution is -2.47. The largest absolute Gasteiger partial charge is 0.352 e. The van der Waals surface area contributed by atoms with Gasteiger partial charge >= 0.3 is 0 Å². The molecule has 0 saturated carbocycles. The summed E-state index contributed by atoms with van der Waals surface area (Å²) in [5.41, 5.74) is 0.935. The van der Waals surface area contributed by atoms with Crippen molar-refractivity contribution in [1.82, 2.24) is 10.2 Å². The number of nitrogens with zero attached hydrogens (tertiary/aromatic N) is 2. The second-order valence-corrected chi connectivity index (χ2v) is 6.29. The van der Waals surface area contributed by atoms with Gasteiger partial charge in [0, 0.05) is 37.7 Å². The minimum atomic E-state index is -0.195. The molecule has 1 unspecified atom stereocenters. The lowest BCUT2D eigenvalue weighted by Gasteiger charge is -2.34. The smallest absolute Gasteiger partial charge is 0.193 e. The van der Waals surface area contributed by atoms with Crippen molar-refractivity contribution in [1.29, 1.82) is 0 Å². The third kappa shape index (κ3) is 5.65. The summed E-state index contributed by atoms with van der Waals surface area (Å²) < 4.78 is 13.2. The monoisotopic (exact) mass is 423 g/mol. The number of hydrogen-bond acceptors (Lipinski definition) is 2. The minimum Gasteiger partial charge on any atom is -0.352 e. The fraction of sp³-hybridized carbons (Fsp3) is 0.533. The minimum absolute atomic E-state index is 0. The van der Waals surface area contributed by atoms with Crippen molar-refractivity contribution < 1.29 is 4.39 Å². The van der Waals surface area contributed by atoms with Crippen LogP contribution in [-0.2, 0) is 6.54 Å². The summed E-state index contributed by atoms with van der Waals surface area (Å²) in [5, 5.41) is 4.00. The van der Waals surface area contributed by atoms with Crippen LogP contribution in [0.2, 0.25) is 0 Å². The van der Waals surface area contributed by atoms with Crippen LogP contribution in [0.25, 0.3) is 0 Å². The highest BCUT2D eigenvalue weighted by molar-refractivity contribution is 14.0. The molecule has 2 rings (SSSR count). The van der Waals surface area contributed by atoms with Crippen LogP contribution in [0.3, 0.4) is 0 Å². The van der Waals surface area contributed by atoms with Gasteiger partial charge in [0.05, 0.1) is 0 Å². The van der Waals surface area contributed by atoms with Gasteiger partial charge < -0.3 is 10.2 Å². The van der Waals surface area contributed by atoms with Gasteiger partial charge in [-0.2, -0.15) is 11.8 Å². The summed E-state index contributed by atoms with van der Waals surface area (Å²) in [5.74, 6) is 1.85. The molecule has 1 atom stereocenters. The van der Waals surface area contributed by atoms with Gasteiger partial charge in [0.1, 0.15) is 5.82 Å². The lowest BCUT2D eigenvalue weighted by atomic mass is 10.2. The van der Waals surface area contributed by atoms with Crippen molar-refractivity contribution in [3.8, 4) is 0 Å². The zero-order valence-electron chi connectivity index (χ0n) is 12.5. The van der Waals surface area contributed by atoms with Crippen molar-refractivity contribution in [2.24, 2.45) is 4.99 Å². The summed E-state index contributed by atoms with van der Waals surface area (Å²) in [6.07, 6.45) is 1.18. The molecule has 1 heterocycles. The molecule has 1 aliphatic rings. The lowest BCUT2D eigenvalue weighted by molar-refractivity contribution is 0.408. The maximum absolute atomic E-state index is 13.2. The Kier molecular flexibility index (Phi) is 8.39. The molecule has 0 radical (unpaired) electrons. The zero-order chi connectivity index (χ0) is 14.4. The summed E-state index contributed by atoms with van der Waals surface area (Å²) in [6, 6.07) is 6.68. The van der Waals surface area contributed by atoms with E-state index in [1.165, 1.54) is 12.5 Å². The van der Waals surface area contributed by atoms with E-state index in [2.05, 4.69) is 22.1 Å². The van der Waals surface area contributed by atoms with E-state index in [0.717, 1.165) is 30.4 Å². The highest BCUT2D eigenvalue weighted by Crippen LogP contribution is 2.21. The second kappa shape index (κ2) is 9.50. The second-order valence-electron chi connectivity index (χ2n) is 4.88. The highest BCUT2D eigenvalue weighted by atomic mass is 127. The van der Waals surface area contributed by atoms with Crippen LogP contribution in [0.15, 0.2) is 29.3 Å². The van der Waals surface area contributed by atoms with E-state index in [0.29, 0.717) is 11.8 Å². The van der Waals surface area contributed by atoms with Gasteiger partial charge in [0.2, 0.25) is 0 Å². The molecule has 118 valence electrons.